The summed E-state index contributed by atoms with van der Waals surface area (Å²) in [4.78, 5) is 24.9. The Morgan fingerprint density at radius 2 is 1.62 bits per heavy atom. The van der Waals surface area contributed by atoms with E-state index in [4.69, 9.17) is 4.74 Å². The van der Waals surface area contributed by atoms with E-state index in [1.165, 1.54) is 36.4 Å². The molecule has 1 N–H and O–H groups in total. The lowest BCUT2D eigenvalue weighted by Gasteiger charge is -2.26. The Kier molecular flexibility index (Phi) is 6.32. The van der Waals surface area contributed by atoms with E-state index in [0.717, 1.165) is 0 Å². The van der Waals surface area contributed by atoms with E-state index in [1.807, 2.05) is 0 Å². The van der Waals surface area contributed by atoms with E-state index in [-0.39, 0.29) is 30.1 Å². The van der Waals surface area contributed by atoms with E-state index < -0.39 is 33.1 Å². The number of hydrogen-bond donors (Lipinski definition) is 1. The summed E-state index contributed by atoms with van der Waals surface area (Å²) in [5, 5.41) is 2.56. The van der Waals surface area contributed by atoms with Gasteiger partial charge in [0.1, 0.15) is 5.82 Å². The first-order valence-electron chi connectivity index (χ1n) is 9.33. The fourth-order valence-corrected chi connectivity index (χ4v) is 5.54. The second-order valence-corrected chi connectivity index (χ2v) is 9.26. The highest BCUT2D eigenvalue weighted by molar-refractivity contribution is 7.93. The first-order valence-corrected chi connectivity index (χ1v) is 10.8. The summed E-state index contributed by atoms with van der Waals surface area (Å²) < 4.78 is 42.7. The first-order chi connectivity index (χ1) is 13.8. The van der Waals surface area contributed by atoms with Gasteiger partial charge in [0.15, 0.2) is 21.2 Å². The van der Waals surface area contributed by atoms with Crippen LogP contribution in [0.2, 0.25) is 0 Å². The van der Waals surface area contributed by atoms with Crippen molar-refractivity contribution in [2.45, 2.75) is 41.9 Å². The number of amides is 1. The van der Waals surface area contributed by atoms with Gasteiger partial charge < -0.3 is 10.1 Å². The Morgan fingerprint density at radius 1 is 1.00 bits per heavy atom. The van der Waals surface area contributed by atoms with E-state index >= 15 is 0 Å². The van der Waals surface area contributed by atoms with Crippen LogP contribution in [0.15, 0.2) is 59.5 Å². The number of esters is 1. The number of carbonyl (C=O) groups is 2. The van der Waals surface area contributed by atoms with Crippen LogP contribution in [0.4, 0.5) is 4.39 Å². The summed E-state index contributed by atoms with van der Waals surface area (Å²) in [5.74, 6) is -1.83. The van der Waals surface area contributed by atoms with Gasteiger partial charge in [0.2, 0.25) is 0 Å². The molecule has 1 saturated carbocycles. The van der Waals surface area contributed by atoms with Gasteiger partial charge in [-0.25, -0.2) is 12.8 Å². The minimum atomic E-state index is -3.95. The van der Waals surface area contributed by atoms with Gasteiger partial charge in [-0.3, -0.25) is 9.59 Å². The van der Waals surface area contributed by atoms with Crippen LogP contribution in [0.3, 0.4) is 0 Å². The second-order valence-electron chi connectivity index (χ2n) is 7.00. The summed E-state index contributed by atoms with van der Waals surface area (Å²) >= 11 is 0. The van der Waals surface area contributed by atoms with Crippen LogP contribution in [0, 0.1) is 5.82 Å². The van der Waals surface area contributed by atoms with E-state index in [0.29, 0.717) is 18.4 Å². The van der Waals surface area contributed by atoms with Gasteiger partial charge in [-0.1, -0.05) is 43.2 Å². The first kappa shape index (κ1) is 21.0. The molecule has 2 aromatic rings. The maximum absolute atomic E-state index is 13.1. The van der Waals surface area contributed by atoms with Gasteiger partial charge in [-0.05, 0) is 42.7 Å². The largest absolute Gasteiger partial charge is 0.454 e. The molecule has 1 aliphatic carbocycles. The molecule has 1 amide bonds. The third-order valence-electron chi connectivity index (χ3n) is 5.09. The molecule has 8 heteroatoms. The molecule has 0 unspecified atom stereocenters. The summed E-state index contributed by atoms with van der Waals surface area (Å²) in [5.41, 5.74) is 0.685. The number of hydrogen-bond acceptors (Lipinski definition) is 5. The average Bonchev–Trinajstić information content (AvgIpc) is 3.24. The lowest BCUT2D eigenvalue weighted by atomic mass is 10.1. The molecule has 0 atom stereocenters. The van der Waals surface area contributed by atoms with Gasteiger partial charge in [-0.2, -0.15) is 0 Å². The number of carbonyl (C=O) groups excluding carboxylic acids is 2. The lowest BCUT2D eigenvalue weighted by Crippen LogP contribution is -2.46. The topological polar surface area (TPSA) is 89.5 Å². The SMILES string of the molecule is O=C(COC(=O)C1(S(=O)(=O)c2ccccc2)CCCC1)NCc1ccc(F)cc1. The quantitative estimate of drug-likeness (QED) is 0.697. The minimum Gasteiger partial charge on any atom is -0.454 e. The maximum Gasteiger partial charge on any atom is 0.328 e. The van der Waals surface area contributed by atoms with Crippen molar-refractivity contribution in [2.24, 2.45) is 0 Å². The number of rotatable bonds is 7. The van der Waals surface area contributed by atoms with Gasteiger partial charge in [0, 0.05) is 6.54 Å². The molecule has 0 heterocycles. The van der Waals surface area contributed by atoms with Crippen molar-refractivity contribution in [3.8, 4) is 0 Å². The molecule has 3 rings (SSSR count). The normalized spacial score (nSPS) is 15.6. The highest BCUT2D eigenvalue weighted by Crippen LogP contribution is 2.41. The smallest absolute Gasteiger partial charge is 0.328 e. The Balaban J connectivity index is 1.64. The third-order valence-corrected chi connectivity index (χ3v) is 7.58. The lowest BCUT2D eigenvalue weighted by molar-refractivity contribution is -0.151. The number of benzene rings is 2. The van der Waals surface area contributed by atoms with Crippen LogP contribution >= 0.6 is 0 Å². The van der Waals surface area contributed by atoms with Crippen molar-refractivity contribution in [3.63, 3.8) is 0 Å². The van der Waals surface area contributed by atoms with Crippen molar-refractivity contribution in [1.82, 2.24) is 5.32 Å². The molecule has 0 bridgehead atoms. The second kappa shape index (κ2) is 8.73. The fraction of sp³-hybridized carbons (Fsp3) is 0.333. The van der Waals surface area contributed by atoms with Crippen LogP contribution < -0.4 is 5.32 Å². The van der Waals surface area contributed by atoms with Crippen molar-refractivity contribution in [1.29, 1.82) is 0 Å². The van der Waals surface area contributed by atoms with E-state index in [1.54, 1.807) is 18.2 Å². The summed E-state index contributed by atoms with van der Waals surface area (Å²) in [6.07, 6.45) is 1.52. The molecule has 0 aliphatic heterocycles. The fourth-order valence-electron chi connectivity index (χ4n) is 3.47. The van der Waals surface area contributed by atoms with Crippen LogP contribution in [-0.2, 0) is 30.7 Å². The standard InChI is InChI=1S/C21H22FNO5S/c22-17-10-8-16(9-11-17)14-23-19(24)15-28-20(25)21(12-4-5-13-21)29(26,27)18-6-2-1-3-7-18/h1-3,6-11H,4-5,12-15H2,(H,23,24). The molecule has 0 spiro atoms. The number of nitrogens with one attached hydrogen (secondary N) is 1. The molecule has 0 radical (unpaired) electrons. The predicted octanol–water partition coefficient (Wildman–Crippen LogP) is 2.77. The summed E-state index contributed by atoms with van der Waals surface area (Å²) in [6.45, 7) is -0.434. The van der Waals surface area contributed by atoms with Crippen molar-refractivity contribution in [2.75, 3.05) is 6.61 Å². The molecule has 0 saturated heterocycles. The van der Waals surface area contributed by atoms with E-state index in [9.17, 15) is 22.4 Å². The molecule has 1 aliphatic rings. The maximum atomic E-state index is 13.1. The molecule has 6 nitrogen and oxygen atoms in total. The number of sulfone groups is 1. The Hall–Kier alpha value is -2.74. The highest BCUT2D eigenvalue weighted by Gasteiger charge is 2.54. The Bertz CT molecular complexity index is 968. The third kappa shape index (κ3) is 4.48. The predicted molar refractivity (Wildman–Crippen MR) is 104 cm³/mol. The van der Waals surface area contributed by atoms with Gasteiger partial charge in [0.25, 0.3) is 5.91 Å². The van der Waals surface area contributed by atoms with Crippen molar-refractivity contribution in [3.05, 3.63) is 66.0 Å². The van der Waals surface area contributed by atoms with E-state index in [2.05, 4.69) is 5.32 Å². The monoisotopic (exact) mass is 419 g/mol. The zero-order valence-corrected chi connectivity index (χ0v) is 16.6. The molecule has 154 valence electrons. The summed E-state index contributed by atoms with van der Waals surface area (Å²) in [6, 6.07) is 13.4. The molecule has 1 fully saturated rings. The Labute approximate surface area is 169 Å². The average molecular weight is 419 g/mol. The molecule has 2 aromatic carbocycles. The molecular weight excluding hydrogens is 397 g/mol. The van der Waals surface area contributed by atoms with Crippen molar-refractivity contribution >= 4 is 21.7 Å². The zero-order chi connectivity index (χ0) is 20.9. The van der Waals surface area contributed by atoms with Gasteiger partial charge in [-0.15, -0.1) is 0 Å². The summed E-state index contributed by atoms with van der Waals surface area (Å²) in [7, 11) is -3.95. The van der Waals surface area contributed by atoms with Crippen LogP contribution in [-0.4, -0.2) is 31.6 Å². The van der Waals surface area contributed by atoms with Gasteiger partial charge >= 0.3 is 5.97 Å². The minimum absolute atomic E-state index is 0.0691. The van der Waals surface area contributed by atoms with Crippen LogP contribution in [0.5, 0.6) is 0 Å². The molecule has 0 aromatic heterocycles. The zero-order valence-electron chi connectivity index (χ0n) is 15.8. The highest BCUT2D eigenvalue weighted by atomic mass is 32.2. The number of halogens is 1. The number of ether oxygens (including phenoxy) is 1. The van der Waals surface area contributed by atoms with Gasteiger partial charge in [0.05, 0.1) is 4.90 Å². The van der Waals surface area contributed by atoms with Crippen LogP contribution in [0.1, 0.15) is 31.2 Å². The molecular formula is C21H22FNO5S. The Morgan fingerprint density at radius 3 is 2.24 bits per heavy atom. The van der Waals surface area contributed by atoms with Crippen molar-refractivity contribution < 1.29 is 27.1 Å². The molecule has 29 heavy (non-hydrogen) atoms. The van der Waals surface area contributed by atoms with Crippen LogP contribution in [0.25, 0.3) is 0 Å².